The van der Waals surface area contributed by atoms with Gasteiger partial charge in [-0.1, -0.05) is 41.4 Å². The molecular weight excluding hydrogens is 338 g/mol. The van der Waals surface area contributed by atoms with E-state index in [2.05, 4.69) is 4.72 Å². The molecule has 0 aliphatic rings. The molecule has 0 aliphatic heterocycles. The topological polar surface area (TPSA) is 72.2 Å². The maximum Gasteiger partial charge on any atom is 0.243 e. The van der Waals surface area contributed by atoms with Gasteiger partial charge in [-0.3, -0.25) is 0 Å². The third kappa shape index (κ3) is 3.65. The number of anilines is 1. The molecule has 0 radical (unpaired) electrons. The Bertz CT molecular complexity index is 758. The Morgan fingerprint density at radius 1 is 1.14 bits per heavy atom. The van der Waals surface area contributed by atoms with Gasteiger partial charge in [-0.25, -0.2) is 17.5 Å². The van der Waals surface area contributed by atoms with Crippen LogP contribution in [0.4, 0.5) is 10.1 Å². The minimum absolute atomic E-state index is 0.0963. The highest BCUT2D eigenvalue weighted by Crippen LogP contribution is 2.31. The van der Waals surface area contributed by atoms with E-state index < -0.39 is 15.8 Å². The molecule has 0 atom stereocenters. The second-order valence-electron chi connectivity index (χ2n) is 4.23. The Balaban J connectivity index is 2.30. The lowest BCUT2D eigenvalue weighted by Crippen LogP contribution is -2.24. The van der Waals surface area contributed by atoms with E-state index in [1.807, 2.05) is 0 Å². The molecule has 0 aromatic heterocycles. The van der Waals surface area contributed by atoms with Crippen molar-refractivity contribution in [2.75, 3.05) is 5.73 Å². The molecule has 0 saturated carbocycles. The van der Waals surface area contributed by atoms with Gasteiger partial charge in [0, 0.05) is 17.8 Å². The maximum atomic E-state index is 13.5. The molecule has 2 aromatic carbocycles. The van der Waals surface area contributed by atoms with Gasteiger partial charge in [0.05, 0.1) is 10.0 Å². The fourth-order valence-corrected chi connectivity index (χ4v) is 3.96. The van der Waals surface area contributed by atoms with Crippen molar-refractivity contribution < 1.29 is 12.8 Å². The van der Waals surface area contributed by atoms with Crippen LogP contribution in [0.3, 0.4) is 0 Å². The standard InChI is InChI=1S/C13H11Cl2FN2O2S/c14-10-5-9(17)6-11(15)13(10)21(19,20)18-7-8-3-1-2-4-12(8)16/h1-6,18H,7,17H2. The Hall–Kier alpha value is -1.34. The molecule has 8 heteroatoms. The summed E-state index contributed by atoms with van der Waals surface area (Å²) in [5.41, 5.74) is 5.98. The van der Waals surface area contributed by atoms with Crippen molar-refractivity contribution in [3.63, 3.8) is 0 Å². The van der Waals surface area contributed by atoms with Crippen LogP contribution in [0.5, 0.6) is 0 Å². The number of halogens is 3. The molecule has 112 valence electrons. The number of nitrogen functional groups attached to an aromatic ring is 1. The van der Waals surface area contributed by atoms with Gasteiger partial charge in [0.1, 0.15) is 10.7 Å². The molecule has 0 spiro atoms. The number of nitrogens with one attached hydrogen (secondary N) is 1. The van der Waals surface area contributed by atoms with Crippen molar-refractivity contribution in [3.8, 4) is 0 Å². The van der Waals surface area contributed by atoms with E-state index >= 15 is 0 Å². The fourth-order valence-electron chi connectivity index (χ4n) is 1.72. The van der Waals surface area contributed by atoms with Crippen molar-refractivity contribution in [2.45, 2.75) is 11.4 Å². The second-order valence-corrected chi connectivity index (χ2v) is 6.75. The number of rotatable bonds is 4. The van der Waals surface area contributed by atoms with Crippen molar-refractivity contribution >= 4 is 38.9 Å². The molecule has 21 heavy (non-hydrogen) atoms. The summed E-state index contributed by atoms with van der Waals surface area (Å²) in [6, 6.07) is 8.41. The lowest BCUT2D eigenvalue weighted by Gasteiger charge is -2.11. The highest BCUT2D eigenvalue weighted by atomic mass is 35.5. The molecule has 0 unspecified atom stereocenters. The van der Waals surface area contributed by atoms with Gasteiger partial charge >= 0.3 is 0 Å². The normalized spacial score (nSPS) is 11.6. The fraction of sp³-hybridized carbons (Fsp3) is 0.0769. The molecular formula is C13H11Cl2FN2O2S. The van der Waals surface area contributed by atoms with Gasteiger partial charge in [0.2, 0.25) is 10.0 Å². The monoisotopic (exact) mass is 348 g/mol. The quantitative estimate of drug-likeness (QED) is 0.833. The van der Waals surface area contributed by atoms with Crippen LogP contribution in [0.25, 0.3) is 0 Å². The van der Waals surface area contributed by atoms with E-state index in [-0.39, 0.29) is 32.7 Å². The molecule has 0 amide bonds. The molecule has 3 N–H and O–H groups in total. The highest BCUT2D eigenvalue weighted by molar-refractivity contribution is 7.89. The van der Waals surface area contributed by atoms with Crippen LogP contribution in [0.15, 0.2) is 41.3 Å². The largest absolute Gasteiger partial charge is 0.399 e. The summed E-state index contributed by atoms with van der Waals surface area (Å²) in [6.07, 6.45) is 0. The van der Waals surface area contributed by atoms with Crippen LogP contribution in [0, 0.1) is 5.82 Å². The van der Waals surface area contributed by atoms with Crippen LogP contribution in [0.1, 0.15) is 5.56 Å². The average molecular weight is 349 g/mol. The smallest absolute Gasteiger partial charge is 0.243 e. The van der Waals surface area contributed by atoms with E-state index in [0.29, 0.717) is 0 Å². The first kappa shape index (κ1) is 16.0. The van der Waals surface area contributed by atoms with Gasteiger partial charge < -0.3 is 5.73 Å². The van der Waals surface area contributed by atoms with E-state index in [1.54, 1.807) is 6.07 Å². The summed E-state index contributed by atoms with van der Waals surface area (Å²) in [4.78, 5) is -0.281. The summed E-state index contributed by atoms with van der Waals surface area (Å²) in [6.45, 7) is -0.216. The lowest BCUT2D eigenvalue weighted by molar-refractivity contribution is 0.574. The van der Waals surface area contributed by atoms with Crippen LogP contribution < -0.4 is 10.5 Å². The number of sulfonamides is 1. The minimum Gasteiger partial charge on any atom is -0.399 e. The number of benzene rings is 2. The van der Waals surface area contributed by atoms with E-state index in [9.17, 15) is 12.8 Å². The number of hydrogen-bond donors (Lipinski definition) is 2. The third-order valence-corrected chi connectivity index (χ3v) is 5.02. The average Bonchev–Trinajstić information content (AvgIpc) is 2.36. The molecule has 0 saturated heterocycles. The van der Waals surface area contributed by atoms with Crippen molar-refractivity contribution in [3.05, 3.63) is 57.8 Å². The first-order valence-corrected chi connectivity index (χ1v) is 8.03. The molecule has 0 bridgehead atoms. The first-order chi connectivity index (χ1) is 9.81. The summed E-state index contributed by atoms with van der Waals surface area (Å²) < 4.78 is 40.2. The predicted molar refractivity (Wildman–Crippen MR) is 81.3 cm³/mol. The molecule has 4 nitrogen and oxygen atoms in total. The Kier molecular flexibility index (Phi) is 4.73. The van der Waals surface area contributed by atoms with Crippen molar-refractivity contribution in [2.24, 2.45) is 0 Å². The number of nitrogens with two attached hydrogens (primary N) is 1. The third-order valence-electron chi connectivity index (χ3n) is 2.70. The molecule has 0 fully saturated rings. The molecule has 0 heterocycles. The summed E-state index contributed by atoms with van der Waals surface area (Å²) >= 11 is 11.7. The molecule has 0 aliphatic carbocycles. The summed E-state index contributed by atoms with van der Waals surface area (Å²) in [7, 11) is -3.99. The Morgan fingerprint density at radius 3 is 2.29 bits per heavy atom. The van der Waals surface area contributed by atoms with E-state index in [1.165, 1.54) is 30.3 Å². The van der Waals surface area contributed by atoms with Crippen molar-refractivity contribution in [1.29, 1.82) is 0 Å². The van der Waals surface area contributed by atoms with E-state index in [4.69, 9.17) is 28.9 Å². The minimum atomic E-state index is -3.99. The highest BCUT2D eigenvalue weighted by Gasteiger charge is 2.22. The molecule has 2 rings (SSSR count). The SMILES string of the molecule is Nc1cc(Cl)c(S(=O)(=O)NCc2ccccc2F)c(Cl)c1. The second kappa shape index (κ2) is 6.19. The van der Waals surface area contributed by atoms with Gasteiger partial charge in [0.15, 0.2) is 0 Å². The van der Waals surface area contributed by atoms with E-state index in [0.717, 1.165) is 0 Å². The Labute approximate surface area is 131 Å². The van der Waals surface area contributed by atoms with Gasteiger partial charge in [0.25, 0.3) is 0 Å². The molecule has 2 aromatic rings. The van der Waals surface area contributed by atoms with Crippen molar-refractivity contribution in [1.82, 2.24) is 4.72 Å². The number of hydrogen-bond acceptors (Lipinski definition) is 3. The van der Waals surface area contributed by atoms with Crippen LogP contribution in [-0.4, -0.2) is 8.42 Å². The zero-order chi connectivity index (χ0) is 15.6. The first-order valence-electron chi connectivity index (χ1n) is 5.79. The zero-order valence-electron chi connectivity index (χ0n) is 10.6. The lowest BCUT2D eigenvalue weighted by atomic mass is 10.2. The van der Waals surface area contributed by atoms with Crippen LogP contribution >= 0.6 is 23.2 Å². The maximum absolute atomic E-state index is 13.5. The van der Waals surface area contributed by atoms with Crippen LogP contribution in [-0.2, 0) is 16.6 Å². The summed E-state index contributed by atoms with van der Waals surface area (Å²) in [5.74, 6) is -0.505. The van der Waals surface area contributed by atoms with Crippen LogP contribution in [0.2, 0.25) is 10.0 Å². The van der Waals surface area contributed by atoms with Gasteiger partial charge in [-0.05, 0) is 18.2 Å². The Morgan fingerprint density at radius 2 is 1.71 bits per heavy atom. The predicted octanol–water partition coefficient (Wildman–Crippen LogP) is 3.19. The zero-order valence-corrected chi connectivity index (χ0v) is 12.9. The summed E-state index contributed by atoms with van der Waals surface area (Å²) in [5, 5.41) is -0.193. The van der Waals surface area contributed by atoms with Gasteiger partial charge in [-0.2, -0.15) is 0 Å². The van der Waals surface area contributed by atoms with Gasteiger partial charge in [-0.15, -0.1) is 0 Å².